The van der Waals surface area contributed by atoms with Gasteiger partial charge in [-0.2, -0.15) is 9.40 Å². The Balaban J connectivity index is 1.94. The van der Waals surface area contributed by atoms with Crippen molar-refractivity contribution in [2.45, 2.75) is 32.2 Å². The zero-order chi connectivity index (χ0) is 26.7. The van der Waals surface area contributed by atoms with Crippen LogP contribution in [0.5, 0.6) is 0 Å². The Hall–Kier alpha value is -4.12. The number of hydrogen-bond donors (Lipinski definition) is 0. The van der Waals surface area contributed by atoms with E-state index in [-0.39, 0.29) is 12.3 Å². The minimum absolute atomic E-state index is 0.0775. The Bertz CT molecular complexity index is 1560. The van der Waals surface area contributed by atoms with Crippen LogP contribution in [-0.2, 0) is 21.3 Å². The highest BCUT2D eigenvalue weighted by atomic mass is 32.2. The van der Waals surface area contributed by atoms with Gasteiger partial charge in [0.1, 0.15) is 22.2 Å². The average molecular weight is 527 g/mol. The first-order valence-electron chi connectivity index (χ1n) is 11.4. The van der Waals surface area contributed by atoms with E-state index in [0.717, 1.165) is 17.2 Å². The van der Waals surface area contributed by atoms with E-state index in [9.17, 15) is 22.0 Å². The molecule has 0 atom stereocenters. The summed E-state index contributed by atoms with van der Waals surface area (Å²) < 4.78 is 62.7. The number of aryl methyl sites for hydroxylation is 1. The van der Waals surface area contributed by atoms with E-state index in [1.54, 1.807) is 36.1 Å². The molecule has 0 bridgehead atoms. The van der Waals surface area contributed by atoms with Crippen molar-refractivity contribution < 1.29 is 26.7 Å². The van der Waals surface area contributed by atoms with Crippen LogP contribution >= 0.6 is 0 Å². The predicted molar refractivity (Wildman–Crippen MR) is 134 cm³/mol. The van der Waals surface area contributed by atoms with Crippen LogP contribution in [0.25, 0.3) is 22.4 Å². The third kappa shape index (κ3) is 4.94. The number of ether oxygens (including phenoxy) is 1. The largest absolute Gasteiger partial charge is 0.449 e. The Morgan fingerprint density at radius 1 is 1.05 bits per heavy atom. The lowest BCUT2D eigenvalue weighted by Crippen LogP contribution is -2.38. The fourth-order valence-electron chi connectivity index (χ4n) is 3.91. The van der Waals surface area contributed by atoms with Crippen LogP contribution in [0.1, 0.15) is 19.4 Å². The van der Waals surface area contributed by atoms with Gasteiger partial charge in [-0.15, -0.1) is 0 Å². The van der Waals surface area contributed by atoms with Crippen molar-refractivity contribution in [1.82, 2.24) is 14.8 Å². The summed E-state index contributed by atoms with van der Waals surface area (Å²) in [5.41, 5.74) is 2.99. The van der Waals surface area contributed by atoms with Crippen molar-refractivity contribution in [2.24, 2.45) is 0 Å². The number of nitrogens with zero attached hydrogens (tertiary/aromatic N) is 4. The summed E-state index contributed by atoms with van der Waals surface area (Å²) in [7, 11) is -4.90. The molecule has 0 unspecified atom stereocenters. The number of aromatic nitrogens is 3. The number of carbonyl (C=O) groups excluding carboxylic acids is 1. The van der Waals surface area contributed by atoms with Crippen LogP contribution in [0.4, 0.5) is 19.3 Å². The number of benzene rings is 2. The second-order valence-electron chi connectivity index (χ2n) is 7.98. The highest BCUT2D eigenvalue weighted by Crippen LogP contribution is 2.38. The highest BCUT2D eigenvalue weighted by Gasteiger charge is 2.36. The van der Waals surface area contributed by atoms with Gasteiger partial charge in [0.15, 0.2) is 0 Å². The number of pyridine rings is 1. The highest BCUT2D eigenvalue weighted by molar-refractivity contribution is 7.93. The zero-order valence-corrected chi connectivity index (χ0v) is 21.2. The molecule has 0 saturated heterocycles. The molecular weight excluding hydrogens is 502 g/mol. The molecule has 37 heavy (non-hydrogen) atoms. The quantitative estimate of drug-likeness (QED) is 0.313. The lowest BCUT2D eigenvalue weighted by molar-refractivity contribution is 0.164. The minimum Gasteiger partial charge on any atom is -0.449 e. The van der Waals surface area contributed by atoms with Crippen LogP contribution in [0, 0.1) is 18.6 Å². The van der Waals surface area contributed by atoms with Gasteiger partial charge in [-0.25, -0.2) is 22.0 Å². The van der Waals surface area contributed by atoms with E-state index >= 15 is 0 Å². The summed E-state index contributed by atoms with van der Waals surface area (Å²) in [6.45, 7) is 5.50. The van der Waals surface area contributed by atoms with Crippen molar-refractivity contribution in [1.29, 1.82) is 0 Å². The minimum atomic E-state index is -4.90. The van der Waals surface area contributed by atoms with E-state index in [4.69, 9.17) is 4.74 Å². The van der Waals surface area contributed by atoms with E-state index in [1.807, 2.05) is 25.3 Å². The molecule has 0 fully saturated rings. The molecule has 2 aromatic carbocycles. The number of amides is 1. The Labute approximate surface area is 213 Å². The Morgan fingerprint density at radius 3 is 2.46 bits per heavy atom. The second-order valence-corrected chi connectivity index (χ2v) is 9.73. The van der Waals surface area contributed by atoms with Crippen LogP contribution in [0.3, 0.4) is 0 Å². The maximum Gasteiger partial charge on any atom is 0.428 e. The van der Waals surface area contributed by atoms with Gasteiger partial charge in [-0.05, 0) is 68.3 Å². The summed E-state index contributed by atoms with van der Waals surface area (Å²) >= 11 is 0. The fraction of sp³-hybridized carbons (Fsp3) is 0.192. The van der Waals surface area contributed by atoms with Crippen molar-refractivity contribution in [3.8, 4) is 22.4 Å². The number of sulfonamides is 1. The summed E-state index contributed by atoms with van der Waals surface area (Å²) in [5, 5.41) is 4.67. The van der Waals surface area contributed by atoms with E-state index < -0.39 is 32.6 Å². The molecule has 2 aromatic heterocycles. The number of carbonyl (C=O) groups is 1. The van der Waals surface area contributed by atoms with Crippen molar-refractivity contribution in [3.05, 3.63) is 84.3 Å². The summed E-state index contributed by atoms with van der Waals surface area (Å²) in [5.74, 6) is -2.17. The molecule has 0 N–H and O–H groups in total. The maximum absolute atomic E-state index is 14.6. The van der Waals surface area contributed by atoms with Crippen LogP contribution in [0.15, 0.2) is 72.0 Å². The monoisotopic (exact) mass is 526 g/mol. The summed E-state index contributed by atoms with van der Waals surface area (Å²) in [6, 6.07) is 10.3. The lowest BCUT2D eigenvalue weighted by atomic mass is 9.98. The molecule has 4 rings (SSSR count). The molecule has 11 heteroatoms. The second kappa shape index (κ2) is 10.5. The van der Waals surface area contributed by atoms with Crippen LogP contribution in [0.2, 0.25) is 0 Å². The van der Waals surface area contributed by atoms with E-state index in [2.05, 4.69) is 10.1 Å². The summed E-state index contributed by atoms with van der Waals surface area (Å²) in [4.78, 5) is 16.0. The van der Waals surface area contributed by atoms with Crippen molar-refractivity contribution in [3.63, 3.8) is 0 Å². The first kappa shape index (κ1) is 26.0. The van der Waals surface area contributed by atoms with Gasteiger partial charge in [0.25, 0.3) is 10.0 Å². The molecule has 192 valence electrons. The van der Waals surface area contributed by atoms with E-state index in [1.165, 1.54) is 13.0 Å². The number of halogens is 2. The maximum atomic E-state index is 14.6. The van der Waals surface area contributed by atoms with Gasteiger partial charge in [0.2, 0.25) is 0 Å². The van der Waals surface area contributed by atoms with Gasteiger partial charge in [0.05, 0.1) is 12.3 Å². The molecule has 2 heterocycles. The van der Waals surface area contributed by atoms with Gasteiger partial charge in [-0.1, -0.05) is 12.1 Å². The lowest BCUT2D eigenvalue weighted by Gasteiger charge is -2.24. The molecule has 0 aliphatic heterocycles. The van der Waals surface area contributed by atoms with Crippen molar-refractivity contribution >= 4 is 21.8 Å². The zero-order valence-electron chi connectivity index (χ0n) is 20.4. The van der Waals surface area contributed by atoms with E-state index in [0.29, 0.717) is 39.8 Å². The smallest absolute Gasteiger partial charge is 0.428 e. The molecule has 8 nitrogen and oxygen atoms in total. The van der Waals surface area contributed by atoms with Crippen LogP contribution < -0.4 is 4.31 Å². The van der Waals surface area contributed by atoms with Gasteiger partial charge in [0, 0.05) is 36.3 Å². The molecule has 0 aliphatic carbocycles. The third-order valence-electron chi connectivity index (χ3n) is 5.70. The topological polar surface area (TPSA) is 94.4 Å². The molecule has 4 aromatic rings. The van der Waals surface area contributed by atoms with Crippen LogP contribution in [-0.4, -0.2) is 35.9 Å². The average Bonchev–Trinajstić information content (AvgIpc) is 3.31. The fourth-order valence-corrected chi connectivity index (χ4v) is 5.38. The van der Waals surface area contributed by atoms with Gasteiger partial charge in [-0.3, -0.25) is 9.67 Å². The molecule has 0 radical (unpaired) electrons. The Morgan fingerprint density at radius 2 is 1.78 bits per heavy atom. The van der Waals surface area contributed by atoms with Gasteiger partial charge >= 0.3 is 6.09 Å². The third-order valence-corrected chi connectivity index (χ3v) is 7.40. The standard InChI is InChI=1S/C26H24F2N4O4S/c1-4-31-16-21(18-11-13-29-14-12-18)25(30-31)20-7-6-8-23(17(20)3)32(26(33)36-5-2)37(34,35)24-15-19(27)9-10-22(24)28/h6-16H,4-5H2,1-3H3. The number of hydrogen-bond acceptors (Lipinski definition) is 6. The molecule has 0 aliphatic rings. The SMILES string of the molecule is CCOC(=O)N(c1cccc(-c2nn(CC)cc2-c2ccncc2)c1C)S(=O)(=O)c1cc(F)ccc1F. The first-order chi connectivity index (χ1) is 17.7. The number of anilines is 1. The number of rotatable bonds is 7. The predicted octanol–water partition coefficient (Wildman–Crippen LogP) is 5.57. The summed E-state index contributed by atoms with van der Waals surface area (Å²) in [6.07, 6.45) is 3.90. The molecular formula is C26H24F2N4O4S. The van der Waals surface area contributed by atoms with Gasteiger partial charge < -0.3 is 4.74 Å². The first-order valence-corrected chi connectivity index (χ1v) is 12.9. The Kier molecular flexibility index (Phi) is 7.35. The molecule has 0 saturated carbocycles. The molecule has 1 amide bonds. The molecule has 0 spiro atoms. The normalized spacial score (nSPS) is 11.4. The van der Waals surface area contributed by atoms with Crippen molar-refractivity contribution in [2.75, 3.05) is 10.9 Å².